The number of allylic oxidation sites excluding steroid dienone is 2. The van der Waals surface area contributed by atoms with Gasteiger partial charge in [-0.1, -0.05) is 81.7 Å². The van der Waals surface area contributed by atoms with E-state index in [1.165, 1.54) is 55.8 Å². The number of nitrogen functional groups attached to an aromatic ring is 2. The Hall–Kier alpha value is -0.910. The Bertz CT molecular complexity index is 977. The minimum Gasteiger partial charge on any atom is -0.488 e. The fourth-order valence-corrected chi connectivity index (χ4v) is 11.1. The predicted octanol–water partition coefficient (Wildman–Crippen LogP) is 8.91. The topological polar surface area (TPSA) is 61.3 Å². The lowest BCUT2D eigenvalue weighted by Crippen LogP contribution is -2.54. The second kappa shape index (κ2) is 10.9. The number of anilines is 2. The summed E-state index contributed by atoms with van der Waals surface area (Å²) >= 11 is 2.77. The summed E-state index contributed by atoms with van der Waals surface area (Å²) in [6.45, 7) is 9.97. The third-order valence-electron chi connectivity index (χ3n) is 11.6. The van der Waals surface area contributed by atoms with Gasteiger partial charge < -0.3 is 16.2 Å². The zero-order valence-electron chi connectivity index (χ0n) is 23.7. The van der Waals surface area contributed by atoms with Gasteiger partial charge in [-0.15, -0.1) is 0 Å². The average molecular weight is 619 g/mol. The summed E-state index contributed by atoms with van der Waals surface area (Å²) in [6.07, 6.45) is 19.1. The fourth-order valence-electron chi connectivity index (χ4n) is 9.57. The van der Waals surface area contributed by atoms with Crippen LogP contribution in [0.3, 0.4) is 0 Å². The number of rotatable bonds is 8. The molecule has 1 aromatic rings. The molecule has 3 fully saturated rings. The van der Waals surface area contributed by atoms with Gasteiger partial charge in [-0.25, -0.2) is 0 Å². The number of benzene rings is 1. The highest BCUT2D eigenvalue weighted by Crippen LogP contribution is 2.67. The van der Waals surface area contributed by atoms with Crippen LogP contribution >= 0.6 is 22.6 Å². The van der Waals surface area contributed by atoms with Gasteiger partial charge >= 0.3 is 0 Å². The molecule has 1 aromatic carbocycles. The SMILES string of the molecule is CC(C)CCCC(C)C1CCC2C3C=CC4CC(Oc5ccc(N)cc5N)CCC4(C)C3CCC12CI. The van der Waals surface area contributed by atoms with Crippen molar-refractivity contribution in [2.75, 3.05) is 15.9 Å². The lowest BCUT2D eigenvalue weighted by atomic mass is 9.46. The maximum atomic E-state index is 6.45. The van der Waals surface area contributed by atoms with E-state index in [0.717, 1.165) is 54.1 Å². The number of hydrogen-bond acceptors (Lipinski definition) is 3. The van der Waals surface area contributed by atoms with Crippen molar-refractivity contribution >= 4 is 34.0 Å². The first-order valence-corrected chi connectivity index (χ1v) is 16.8. The van der Waals surface area contributed by atoms with Gasteiger partial charge in [-0.05, 0) is 115 Å². The zero-order chi connectivity index (χ0) is 26.4. The molecular weight excluding hydrogens is 567 g/mol. The molecule has 0 spiro atoms. The summed E-state index contributed by atoms with van der Waals surface area (Å²) in [6, 6.07) is 5.65. The maximum Gasteiger partial charge on any atom is 0.142 e. The maximum absolute atomic E-state index is 6.45. The average Bonchev–Trinajstić information content (AvgIpc) is 3.26. The van der Waals surface area contributed by atoms with Gasteiger partial charge in [0.2, 0.25) is 0 Å². The Morgan fingerprint density at radius 1 is 1.00 bits per heavy atom. The summed E-state index contributed by atoms with van der Waals surface area (Å²) in [5, 5.41) is 0. The summed E-state index contributed by atoms with van der Waals surface area (Å²) in [7, 11) is 0. The van der Waals surface area contributed by atoms with E-state index < -0.39 is 0 Å². The molecule has 37 heavy (non-hydrogen) atoms. The van der Waals surface area contributed by atoms with Crippen LogP contribution in [0.1, 0.15) is 91.9 Å². The molecule has 0 saturated heterocycles. The molecule has 0 aromatic heterocycles. The Morgan fingerprint density at radius 2 is 1.81 bits per heavy atom. The number of fused-ring (bicyclic) bond motifs is 5. The smallest absolute Gasteiger partial charge is 0.142 e. The van der Waals surface area contributed by atoms with Crippen LogP contribution in [-0.2, 0) is 0 Å². The lowest BCUT2D eigenvalue weighted by molar-refractivity contribution is -0.0758. The minimum absolute atomic E-state index is 0.241. The lowest BCUT2D eigenvalue weighted by Gasteiger charge is -2.59. The number of hydrogen-bond donors (Lipinski definition) is 2. The van der Waals surface area contributed by atoms with Crippen molar-refractivity contribution in [1.29, 1.82) is 0 Å². The first kappa shape index (κ1) is 27.6. The molecule has 4 heteroatoms. The molecule has 5 rings (SSSR count). The van der Waals surface area contributed by atoms with Crippen molar-refractivity contribution in [3.8, 4) is 5.75 Å². The van der Waals surface area contributed by atoms with E-state index in [9.17, 15) is 0 Å². The first-order valence-electron chi connectivity index (χ1n) is 15.2. The minimum atomic E-state index is 0.241. The molecule has 9 unspecified atom stereocenters. The van der Waals surface area contributed by atoms with Crippen molar-refractivity contribution in [2.24, 2.45) is 52.3 Å². The van der Waals surface area contributed by atoms with Crippen molar-refractivity contribution in [3.05, 3.63) is 30.4 Å². The predicted molar refractivity (Wildman–Crippen MR) is 166 cm³/mol. The normalized spacial score (nSPS) is 39.6. The largest absolute Gasteiger partial charge is 0.488 e. The standard InChI is InChI=1S/C33H51IN2O/c1-21(2)6-5-7-22(3)27-11-12-29-26-10-8-23-18-25(37-31-13-9-24(35)19-30(31)36)14-16-32(23,4)28(26)15-17-33(27,29)20-34/h8-10,13,19,21-23,25-29H,5-7,11-12,14-18,20,35-36H2,1-4H3. The Kier molecular flexibility index (Phi) is 8.17. The molecule has 0 amide bonds. The van der Waals surface area contributed by atoms with Crippen LogP contribution in [-0.4, -0.2) is 10.5 Å². The molecule has 4 N–H and O–H groups in total. The monoisotopic (exact) mass is 618 g/mol. The van der Waals surface area contributed by atoms with Crippen molar-refractivity contribution in [1.82, 2.24) is 0 Å². The third-order valence-corrected chi connectivity index (χ3v) is 13.0. The highest BCUT2D eigenvalue weighted by Gasteiger charge is 2.60. The Labute approximate surface area is 240 Å². The number of nitrogens with two attached hydrogens (primary N) is 2. The first-order chi connectivity index (χ1) is 17.7. The van der Waals surface area contributed by atoms with E-state index >= 15 is 0 Å². The van der Waals surface area contributed by atoms with Crippen molar-refractivity contribution < 1.29 is 4.74 Å². The van der Waals surface area contributed by atoms with E-state index in [4.69, 9.17) is 16.2 Å². The molecule has 206 valence electrons. The van der Waals surface area contributed by atoms with Crippen LogP contribution in [0.2, 0.25) is 0 Å². The molecule has 0 aliphatic heterocycles. The number of halogens is 1. The fraction of sp³-hybridized carbons (Fsp3) is 0.758. The van der Waals surface area contributed by atoms with E-state index in [1.807, 2.05) is 18.2 Å². The highest BCUT2D eigenvalue weighted by molar-refractivity contribution is 14.1. The van der Waals surface area contributed by atoms with Crippen LogP contribution in [0.25, 0.3) is 0 Å². The van der Waals surface area contributed by atoms with Crippen LogP contribution in [0.4, 0.5) is 11.4 Å². The molecule has 0 bridgehead atoms. The summed E-state index contributed by atoms with van der Waals surface area (Å²) in [5.41, 5.74) is 14.4. The van der Waals surface area contributed by atoms with Crippen LogP contribution in [0.5, 0.6) is 5.75 Å². The van der Waals surface area contributed by atoms with Crippen molar-refractivity contribution in [3.63, 3.8) is 0 Å². The summed E-state index contributed by atoms with van der Waals surface area (Å²) in [5.74, 6) is 6.55. The summed E-state index contributed by atoms with van der Waals surface area (Å²) in [4.78, 5) is 0. The van der Waals surface area contributed by atoms with Gasteiger partial charge in [0.1, 0.15) is 5.75 Å². The number of alkyl halides is 1. The van der Waals surface area contributed by atoms with Gasteiger partial charge in [-0.2, -0.15) is 0 Å². The highest BCUT2D eigenvalue weighted by atomic mass is 127. The van der Waals surface area contributed by atoms with Crippen LogP contribution in [0, 0.1) is 52.3 Å². The molecule has 3 nitrogen and oxygen atoms in total. The third kappa shape index (κ3) is 5.07. The van der Waals surface area contributed by atoms with Gasteiger partial charge in [0.05, 0.1) is 11.8 Å². The zero-order valence-corrected chi connectivity index (χ0v) is 25.9. The molecule has 9 atom stereocenters. The van der Waals surface area contributed by atoms with Gasteiger partial charge in [0.15, 0.2) is 0 Å². The van der Waals surface area contributed by atoms with Crippen molar-refractivity contribution in [2.45, 2.75) is 98.0 Å². The molecule has 0 heterocycles. The number of ether oxygens (including phenoxy) is 1. The quantitative estimate of drug-likeness (QED) is 0.132. The van der Waals surface area contributed by atoms with E-state index in [2.05, 4.69) is 62.4 Å². The van der Waals surface area contributed by atoms with Gasteiger partial charge in [-0.3, -0.25) is 0 Å². The van der Waals surface area contributed by atoms with E-state index in [0.29, 0.717) is 28.1 Å². The van der Waals surface area contributed by atoms with E-state index in [1.54, 1.807) is 0 Å². The second-order valence-electron chi connectivity index (χ2n) is 14.0. The molecule has 4 aliphatic carbocycles. The van der Waals surface area contributed by atoms with Gasteiger partial charge in [0.25, 0.3) is 0 Å². The molecule has 3 saturated carbocycles. The Balaban J connectivity index is 1.30. The van der Waals surface area contributed by atoms with Crippen LogP contribution in [0.15, 0.2) is 30.4 Å². The Morgan fingerprint density at radius 3 is 2.54 bits per heavy atom. The van der Waals surface area contributed by atoms with Crippen LogP contribution < -0.4 is 16.2 Å². The summed E-state index contributed by atoms with van der Waals surface area (Å²) < 4.78 is 7.80. The molecule has 4 aliphatic rings. The second-order valence-corrected chi connectivity index (χ2v) is 14.8. The van der Waals surface area contributed by atoms with E-state index in [-0.39, 0.29) is 6.10 Å². The van der Waals surface area contributed by atoms with Gasteiger partial charge in [0, 0.05) is 10.1 Å². The molecule has 0 radical (unpaired) electrons. The molecular formula is C33H51IN2O.